The fraction of sp³-hybridized carbons (Fsp3) is 0.0588. The van der Waals surface area contributed by atoms with E-state index >= 15 is 0 Å². The number of carbonyl (C=O) groups is 2. The second-order valence-electron chi connectivity index (χ2n) is 4.64. The lowest BCUT2D eigenvalue weighted by Gasteiger charge is -2.10. The van der Waals surface area contributed by atoms with Crippen LogP contribution in [0, 0.1) is 0 Å². The number of anilines is 2. The molecule has 0 saturated heterocycles. The van der Waals surface area contributed by atoms with E-state index in [1.54, 1.807) is 30.3 Å². The fourth-order valence-electron chi connectivity index (χ4n) is 1.84. The predicted molar refractivity (Wildman–Crippen MR) is 93.1 cm³/mol. The lowest BCUT2D eigenvalue weighted by atomic mass is 10.1. The van der Waals surface area contributed by atoms with Crippen LogP contribution in [0.25, 0.3) is 0 Å². The van der Waals surface area contributed by atoms with E-state index in [1.807, 2.05) is 18.2 Å². The predicted octanol–water partition coefficient (Wildman–Crippen LogP) is 3.90. The molecule has 23 heavy (non-hydrogen) atoms. The summed E-state index contributed by atoms with van der Waals surface area (Å²) in [4.78, 5) is 23.9. The molecule has 0 heterocycles. The molecule has 0 aliphatic rings. The fourth-order valence-corrected chi connectivity index (χ4v) is 2.04. The van der Waals surface area contributed by atoms with Crippen molar-refractivity contribution in [1.82, 2.24) is 5.32 Å². The summed E-state index contributed by atoms with van der Waals surface area (Å²) in [7, 11) is 0. The van der Waals surface area contributed by atoms with Gasteiger partial charge in [-0.2, -0.15) is 0 Å². The Morgan fingerprint density at radius 3 is 2.48 bits per heavy atom. The average molecular weight is 330 g/mol. The molecule has 2 aromatic carbocycles. The molecule has 118 valence electrons. The number of benzene rings is 2. The highest BCUT2D eigenvalue weighted by atomic mass is 35.5. The van der Waals surface area contributed by atoms with Crippen molar-refractivity contribution in [2.75, 3.05) is 17.2 Å². The van der Waals surface area contributed by atoms with Crippen molar-refractivity contribution in [1.29, 1.82) is 0 Å². The van der Waals surface area contributed by atoms with E-state index in [-0.39, 0.29) is 17.5 Å². The van der Waals surface area contributed by atoms with Crippen LogP contribution in [0.3, 0.4) is 0 Å². The normalized spacial score (nSPS) is 9.78. The molecule has 2 rings (SSSR count). The Morgan fingerprint density at radius 1 is 1.04 bits per heavy atom. The standard InChI is InChI=1S/C17H16ClN3O2/c1-2-10-19-17(23)21-13-8-9-15(18)14(11-13)16(22)20-12-6-4-3-5-7-12/h2-9,11H,1,10H2,(H,20,22)(H2,19,21,23). The highest BCUT2D eigenvalue weighted by molar-refractivity contribution is 6.34. The zero-order chi connectivity index (χ0) is 16.7. The number of para-hydroxylation sites is 1. The molecule has 0 aliphatic heterocycles. The van der Waals surface area contributed by atoms with Gasteiger partial charge in [0.15, 0.2) is 0 Å². The summed E-state index contributed by atoms with van der Waals surface area (Å²) >= 11 is 6.08. The first-order valence-electron chi connectivity index (χ1n) is 6.92. The summed E-state index contributed by atoms with van der Waals surface area (Å²) in [5.41, 5.74) is 1.40. The van der Waals surface area contributed by atoms with Crippen molar-refractivity contribution < 1.29 is 9.59 Å². The third-order valence-electron chi connectivity index (χ3n) is 2.91. The molecule has 0 aliphatic carbocycles. The monoisotopic (exact) mass is 329 g/mol. The Kier molecular flexibility index (Phi) is 5.77. The number of rotatable bonds is 5. The van der Waals surface area contributed by atoms with Gasteiger partial charge in [-0.3, -0.25) is 4.79 Å². The number of hydrogen-bond acceptors (Lipinski definition) is 2. The van der Waals surface area contributed by atoms with Crippen LogP contribution in [0.5, 0.6) is 0 Å². The molecule has 6 heteroatoms. The van der Waals surface area contributed by atoms with E-state index in [9.17, 15) is 9.59 Å². The van der Waals surface area contributed by atoms with Crippen molar-refractivity contribution in [2.24, 2.45) is 0 Å². The number of amides is 3. The SMILES string of the molecule is C=CCNC(=O)Nc1ccc(Cl)c(C(=O)Nc2ccccc2)c1. The molecule has 0 spiro atoms. The molecular weight excluding hydrogens is 314 g/mol. The molecule has 0 radical (unpaired) electrons. The molecule has 0 atom stereocenters. The lowest BCUT2D eigenvalue weighted by Crippen LogP contribution is -2.28. The number of halogens is 1. The molecule has 0 saturated carbocycles. The van der Waals surface area contributed by atoms with E-state index in [0.29, 0.717) is 22.9 Å². The van der Waals surface area contributed by atoms with E-state index in [1.165, 1.54) is 6.07 Å². The minimum Gasteiger partial charge on any atom is -0.334 e. The van der Waals surface area contributed by atoms with Crippen molar-refractivity contribution >= 4 is 34.9 Å². The Hall–Kier alpha value is -2.79. The summed E-state index contributed by atoms with van der Waals surface area (Å²) < 4.78 is 0. The van der Waals surface area contributed by atoms with Crippen LogP contribution in [-0.4, -0.2) is 18.5 Å². The summed E-state index contributed by atoms with van der Waals surface area (Å²) in [5, 5.41) is 8.26. The largest absolute Gasteiger partial charge is 0.334 e. The lowest BCUT2D eigenvalue weighted by molar-refractivity contribution is 0.102. The Morgan fingerprint density at radius 2 is 1.78 bits per heavy atom. The van der Waals surface area contributed by atoms with Gasteiger partial charge in [0.25, 0.3) is 5.91 Å². The van der Waals surface area contributed by atoms with Crippen molar-refractivity contribution in [3.8, 4) is 0 Å². The van der Waals surface area contributed by atoms with Gasteiger partial charge in [-0.05, 0) is 30.3 Å². The van der Waals surface area contributed by atoms with Gasteiger partial charge >= 0.3 is 6.03 Å². The van der Waals surface area contributed by atoms with Gasteiger partial charge in [-0.15, -0.1) is 6.58 Å². The van der Waals surface area contributed by atoms with E-state index < -0.39 is 0 Å². The van der Waals surface area contributed by atoms with Gasteiger partial charge in [0.1, 0.15) is 0 Å². The number of carbonyl (C=O) groups excluding carboxylic acids is 2. The highest BCUT2D eigenvalue weighted by Gasteiger charge is 2.12. The topological polar surface area (TPSA) is 70.2 Å². The van der Waals surface area contributed by atoms with E-state index in [2.05, 4.69) is 22.5 Å². The molecule has 3 amide bonds. The Balaban J connectivity index is 2.12. The molecule has 2 aromatic rings. The first-order valence-corrected chi connectivity index (χ1v) is 7.29. The zero-order valence-electron chi connectivity index (χ0n) is 12.3. The van der Waals surface area contributed by atoms with Gasteiger partial charge in [0.05, 0.1) is 10.6 Å². The first-order chi connectivity index (χ1) is 11.1. The Labute approximate surface area is 139 Å². The summed E-state index contributed by atoms with van der Waals surface area (Å²) in [6, 6.07) is 13.4. The number of urea groups is 1. The van der Waals surface area contributed by atoms with Crippen molar-refractivity contribution in [2.45, 2.75) is 0 Å². The molecule has 5 nitrogen and oxygen atoms in total. The summed E-state index contributed by atoms with van der Waals surface area (Å²) in [6.07, 6.45) is 1.57. The van der Waals surface area contributed by atoms with E-state index in [4.69, 9.17) is 11.6 Å². The molecule has 0 bridgehead atoms. The van der Waals surface area contributed by atoms with Gasteiger partial charge in [-0.1, -0.05) is 35.9 Å². The maximum Gasteiger partial charge on any atom is 0.319 e. The van der Waals surface area contributed by atoms with Crippen LogP contribution in [0.2, 0.25) is 5.02 Å². The first kappa shape index (κ1) is 16.6. The zero-order valence-corrected chi connectivity index (χ0v) is 13.1. The minimum atomic E-state index is -0.387. The van der Waals surface area contributed by atoms with Gasteiger partial charge in [-0.25, -0.2) is 4.79 Å². The van der Waals surface area contributed by atoms with Crippen LogP contribution in [0.4, 0.5) is 16.2 Å². The van der Waals surface area contributed by atoms with Crippen LogP contribution < -0.4 is 16.0 Å². The molecule has 0 fully saturated rings. The highest BCUT2D eigenvalue weighted by Crippen LogP contribution is 2.22. The van der Waals surface area contributed by atoms with Gasteiger partial charge in [0, 0.05) is 17.9 Å². The Bertz CT molecular complexity index is 717. The van der Waals surface area contributed by atoms with Crippen LogP contribution >= 0.6 is 11.6 Å². The minimum absolute atomic E-state index is 0.275. The smallest absolute Gasteiger partial charge is 0.319 e. The number of nitrogens with one attached hydrogen (secondary N) is 3. The summed E-state index contributed by atoms with van der Waals surface area (Å²) in [5.74, 6) is -0.351. The maximum absolute atomic E-state index is 12.3. The summed E-state index contributed by atoms with van der Waals surface area (Å²) in [6.45, 7) is 3.86. The second-order valence-corrected chi connectivity index (χ2v) is 5.05. The van der Waals surface area contributed by atoms with Crippen molar-refractivity contribution in [3.05, 3.63) is 71.8 Å². The van der Waals surface area contributed by atoms with Gasteiger partial charge in [0.2, 0.25) is 0 Å². The molecular formula is C17H16ClN3O2. The second kappa shape index (κ2) is 8.00. The average Bonchev–Trinajstić information content (AvgIpc) is 2.55. The third kappa shape index (κ3) is 4.86. The maximum atomic E-state index is 12.3. The molecule has 0 unspecified atom stereocenters. The van der Waals surface area contributed by atoms with Crippen LogP contribution in [-0.2, 0) is 0 Å². The van der Waals surface area contributed by atoms with Gasteiger partial charge < -0.3 is 16.0 Å². The van der Waals surface area contributed by atoms with Crippen molar-refractivity contribution in [3.63, 3.8) is 0 Å². The third-order valence-corrected chi connectivity index (χ3v) is 3.24. The van der Waals surface area contributed by atoms with Crippen LogP contribution in [0.1, 0.15) is 10.4 Å². The van der Waals surface area contributed by atoms with Crippen LogP contribution in [0.15, 0.2) is 61.2 Å². The van der Waals surface area contributed by atoms with E-state index in [0.717, 1.165) is 0 Å². The molecule has 0 aromatic heterocycles. The quantitative estimate of drug-likeness (QED) is 0.728. The molecule has 3 N–H and O–H groups in total. The number of hydrogen-bond donors (Lipinski definition) is 3.